The van der Waals surface area contributed by atoms with E-state index >= 15 is 0 Å². The van der Waals surface area contributed by atoms with Crippen LogP contribution in [-0.4, -0.2) is 18.2 Å². The second-order valence-corrected chi connectivity index (χ2v) is 5.84. The van der Waals surface area contributed by atoms with Gasteiger partial charge in [-0.25, -0.2) is 0 Å². The summed E-state index contributed by atoms with van der Waals surface area (Å²) in [6.45, 7) is 3.84. The van der Waals surface area contributed by atoms with E-state index in [1.165, 1.54) is 0 Å². The Balaban J connectivity index is 2.13. The number of hydrogen-bond donors (Lipinski definition) is 1. The molecule has 18 heavy (non-hydrogen) atoms. The van der Waals surface area contributed by atoms with E-state index in [1.54, 1.807) is 11.8 Å². The summed E-state index contributed by atoms with van der Waals surface area (Å²) in [6.07, 6.45) is 1.33. The van der Waals surface area contributed by atoms with Crippen LogP contribution in [0.4, 0.5) is 0 Å². The van der Waals surface area contributed by atoms with Crippen molar-refractivity contribution in [3.63, 3.8) is 0 Å². The van der Waals surface area contributed by atoms with Crippen LogP contribution in [0.2, 0.25) is 5.02 Å². The van der Waals surface area contributed by atoms with Crippen LogP contribution >= 0.6 is 35.0 Å². The molecule has 0 aliphatic rings. The molecule has 0 aromatic heterocycles. The van der Waals surface area contributed by atoms with Crippen LogP contribution in [0.5, 0.6) is 0 Å². The van der Waals surface area contributed by atoms with E-state index in [4.69, 9.17) is 23.2 Å². The summed E-state index contributed by atoms with van der Waals surface area (Å²) in [6, 6.07) is 7.68. The number of rotatable bonds is 7. The number of halogens is 2. The zero-order valence-electron chi connectivity index (χ0n) is 9.92. The standard InChI is InChI=1S/C13H15Cl2NOS/c1-10(14)9-16-13(17)3-2-8-18-12-6-4-11(15)5-7-12/h4-7H,1-3,8-9H2,(H,16,17). The van der Waals surface area contributed by atoms with E-state index in [0.29, 0.717) is 18.0 Å². The zero-order valence-corrected chi connectivity index (χ0v) is 12.2. The number of carbonyl (C=O) groups is 1. The van der Waals surface area contributed by atoms with E-state index in [0.717, 1.165) is 22.1 Å². The Morgan fingerprint density at radius 2 is 2.00 bits per heavy atom. The van der Waals surface area contributed by atoms with Crippen molar-refractivity contribution in [1.82, 2.24) is 5.32 Å². The summed E-state index contributed by atoms with van der Waals surface area (Å²) in [5.74, 6) is 0.908. The third-order valence-corrected chi connectivity index (χ3v) is 3.59. The van der Waals surface area contributed by atoms with Crippen LogP contribution < -0.4 is 5.32 Å². The average molecular weight is 304 g/mol. The molecular formula is C13H15Cl2NOS. The first-order chi connectivity index (χ1) is 8.58. The smallest absolute Gasteiger partial charge is 0.220 e. The molecule has 0 radical (unpaired) electrons. The zero-order chi connectivity index (χ0) is 13.4. The molecule has 5 heteroatoms. The lowest BCUT2D eigenvalue weighted by atomic mass is 10.3. The van der Waals surface area contributed by atoms with Crippen LogP contribution in [0.3, 0.4) is 0 Å². The van der Waals surface area contributed by atoms with E-state index in [9.17, 15) is 4.79 Å². The van der Waals surface area contributed by atoms with E-state index in [2.05, 4.69) is 11.9 Å². The Morgan fingerprint density at radius 3 is 2.61 bits per heavy atom. The average Bonchev–Trinajstić information content (AvgIpc) is 2.34. The predicted octanol–water partition coefficient (Wildman–Crippen LogP) is 4.08. The molecule has 0 aliphatic heterocycles. The van der Waals surface area contributed by atoms with Gasteiger partial charge in [-0.3, -0.25) is 4.79 Å². The van der Waals surface area contributed by atoms with Gasteiger partial charge in [0.05, 0.1) is 6.54 Å². The summed E-state index contributed by atoms with van der Waals surface area (Å²) in [5, 5.41) is 3.87. The third-order valence-electron chi connectivity index (χ3n) is 2.11. The lowest BCUT2D eigenvalue weighted by molar-refractivity contribution is -0.120. The lowest BCUT2D eigenvalue weighted by Crippen LogP contribution is -2.24. The lowest BCUT2D eigenvalue weighted by Gasteiger charge is -2.04. The SMILES string of the molecule is C=C(Cl)CNC(=O)CCCSc1ccc(Cl)cc1. The number of hydrogen-bond acceptors (Lipinski definition) is 2. The van der Waals surface area contributed by atoms with Gasteiger partial charge in [0.1, 0.15) is 0 Å². The molecule has 1 N–H and O–H groups in total. The summed E-state index contributed by atoms with van der Waals surface area (Å²) in [5.41, 5.74) is 0. The number of carbonyl (C=O) groups excluding carboxylic acids is 1. The maximum Gasteiger partial charge on any atom is 0.220 e. The molecule has 0 saturated heterocycles. The van der Waals surface area contributed by atoms with Gasteiger partial charge in [0.15, 0.2) is 0 Å². The largest absolute Gasteiger partial charge is 0.351 e. The molecule has 0 fully saturated rings. The molecule has 98 valence electrons. The minimum Gasteiger partial charge on any atom is -0.351 e. The molecule has 1 amide bonds. The Bertz CT molecular complexity index is 406. The topological polar surface area (TPSA) is 29.1 Å². The summed E-state index contributed by atoms with van der Waals surface area (Å²) in [4.78, 5) is 12.5. The van der Waals surface area contributed by atoms with Gasteiger partial charge in [0.25, 0.3) is 0 Å². The van der Waals surface area contributed by atoms with Crippen LogP contribution in [0.25, 0.3) is 0 Å². The summed E-state index contributed by atoms with van der Waals surface area (Å²) in [7, 11) is 0. The predicted molar refractivity (Wildman–Crippen MR) is 79.4 cm³/mol. The van der Waals surface area contributed by atoms with Gasteiger partial charge >= 0.3 is 0 Å². The highest BCUT2D eigenvalue weighted by molar-refractivity contribution is 7.99. The highest BCUT2D eigenvalue weighted by Gasteiger charge is 2.01. The molecular weight excluding hydrogens is 289 g/mol. The summed E-state index contributed by atoms with van der Waals surface area (Å²) >= 11 is 13.1. The maximum atomic E-state index is 11.4. The number of amides is 1. The van der Waals surface area contributed by atoms with E-state index < -0.39 is 0 Å². The Hall–Kier alpha value is -0.640. The van der Waals surface area contributed by atoms with Crippen LogP contribution in [0, 0.1) is 0 Å². The maximum absolute atomic E-state index is 11.4. The van der Waals surface area contributed by atoms with E-state index in [-0.39, 0.29) is 5.91 Å². The molecule has 0 bridgehead atoms. The molecule has 0 heterocycles. The monoisotopic (exact) mass is 303 g/mol. The highest BCUT2D eigenvalue weighted by Crippen LogP contribution is 2.21. The number of nitrogens with one attached hydrogen (secondary N) is 1. The minimum atomic E-state index is 0.00788. The van der Waals surface area contributed by atoms with Crippen LogP contribution in [0.1, 0.15) is 12.8 Å². The molecule has 0 atom stereocenters. The first kappa shape index (κ1) is 15.4. The summed E-state index contributed by atoms with van der Waals surface area (Å²) < 4.78 is 0. The molecule has 0 spiro atoms. The van der Waals surface area contributed by atoms with Crippen molar-refractivity contribution < 1.29 is 4.79 Å². The normalized spacial score (nSPS) is 10.1. The first-order valence-electron chi connectivity index (χ1n) is 5.56. The molecule has 1 aromatic carbocycles. The molecule has 1 rings (SSSR count). The second-order valence-electron chi connectivity index (χ2n) is 3.70. The fourth-order valence-electron chi connectivity index (χ4n) is 1.24. The Kier molecular flexibility index (Phi) is 7.25. The fourth-order valence-corrected chi connectivity index (χ4v) is 2.28. The first-order valence-corrected chi connectivity index (χ1v) is 7.30. The van der Waals surface area contributed by atoms with E-state index in [1.807, 2.05) is 24.3 Å². The van der Waals surface area contributed by atoms with Crippen molar-refractivity contribution in [2.75, 3.05) is 12.3 Å². The van der Waals surface area contributed by atoms with Gasteiger partial charge < -0.3 is 5.32 Å². The third kappa shape index (κ3) is 6.94. The van der Waals surface area contributed by atoms with Crippen molar-refractivity contribution in [2.45, 2.75) is 17.7 Å². The number of thioether (sulfide) groups is 1. The van der Waals surface area contributed by atoms with Crippen molar-refractivity contribution in [3.05, 3.63) is 40.9 Å². The molecule has 1 aromatic rings. The van der Waals surface area contributed by atoms with Crippen molar-refractivity contribution in [3.8, 4) is 0 Å². The Morgan fingerprint density at radius 1 is 1.33 bits per heavy atom. The highest BCUT2D eigenvalue weighted by atomic mass is 35.5. The van der Waals surface area contributed by atoms with Gasteiger partial charge in [-0.1, -0.05) is 29.8 Å². The van der Waals surface area contributed by atoms with Crippen molar-refractivity contribution in [2.24, 2.45) is 0 Å². The minimum absolute atomic E-state index is 0.00788. The van der Waals surface area contributed by atoms with Gasteiger partial charge in [-0.05, 0) is 36.4 Å². The van der Waals surface area contributed by atoms with Crippen LogP contribution in [0.15, 0.2) is 40.8 Å². The van der Waals surface area contributed by atoms with Crippen molar-refractivity contribution >= 4 is 40.9 Å². The second kappa shape index (κ2) is 8.46. The van der Waals surface area contributed by atoms with Crippen molar-refractivity contribution in [1.29, 1.82) is 0 Å². The Labute approximate surface area is 122 Å². The molecule has 0 aliphatic carbocycles. The fraction of sp³-hybridized carbons (Fsp3) is 0.308. The number of benzene rings is 1. The van der Waals surface area contributed by atoms with Gasteiger partial charge in [0.2, 0.25) is 5.91 Å². The van der Waals surface area contributed by atoms with Gasteiger partial charge in [0, 0.05) is 21.4 Å². The van der Waals surface area contributed by atoms with Gasteiger partial charge in [-0.15, -0.1) is 11.8 Å². The quantitative estimate of drug-likeness (QED) is 0.607. The molecule has 0 saturated carbocycles. The van der Waals surface area contributed by atoms with Gasteiger partial charge in [-0.2, -0.15) is 0 Å². The van der Waals surface area contributed by atoms with Crippen LogP contribution in [-0.2, 0) is 4.79 Å². The molecule has 0 unspecified atom stereocenters. The molecule has 2 nitrogen and oxygen atoms in total.